The number of hydrogen-bond donors (Lipinski definition) is 1. The van der Waals surface area contributed by atoms with Gasteiger partial charge in [-0.05, 0) is 25.1 Å². The van der Waals surface area contributed by atoms with Crippen molar-refractivity contribution in [1.29, 1.82) is 5.26 Å². The molecule has 0 saturated heterocycles. The zero-order chi connectivity index (χ0) is 13.9. The molecule has 3 rings (SSSR count). The van der Waals surface area contributed by atoms with Gasteiger partial charge < -0.3 is 5.32 Å². The van der Waals surface area contributed by atoms with Gasteiger partial charge in [0.1, 0.15) is 6.07 Å². The zero-order valence-corrected chi connectivity index (χ0v) is 11.9. The first kappa shape index (κ1) is 12.6. The minimum absolute atomic E-state index is 0.709. The van der Waals surface area contributed by atoms with E-state index >= 15 is 0 Å². The number of rotatable bonds is 3. The summed E-state index contributed by atoms with van der Waals surface area (Å²) in [5, 5.41) is 15.2. The Labute approximate surface area is 121 Å². The number of aromatic nitrogens is 1. The lowest BCUT2D eigenvalue weighted by molar-refractivity contribution is 1.18. The monoisotopic (exact) mass is 279 g/mol. The van der Waals surface area contributed by atoms with Crippen molar-refractivity contribution < 1.29 is 0 Å². The Hall–Kier alpha value is -2.38. The Balaban J connectivity index is 1.87. The molecule has 2 heterocycles. The first-order chi connectivity index (χ1) is 9.76. The van der Waals surface area contributed by atoms with Gasteiger partial charge in [0.2, 0.25) is 0 Å². The molecule has 2 aromatic heterocycles. The second-order valence-electron chi connectivity index (χ2n) is 4.60. The minimum atomic E-state index is 0.709. The summed E-state index contributed by atoms with van der Waals surface area (Å²) in [6.45, 7) is 2.70. The first-order valence-electron chi connectivity index (χ1n) is 6.34. The van der Waals surface area contributed by atoms with Gasteiger partial charge in [0, 0.05) is 27.9 Å². The highest BCUT2D eigenvalue weighted by molar-refractivity contribution is 7.10. The number of hydrogen-bond acceptors (Lipinski definition) is 4. The first-order valence-corrected chi connectivity index (χ1v) is 7.22. The van der Waals surface area contributed by atoms with Crippen molar-refractivity contribution in [1.82, 2.24) is 4.98 Å². The molecule has 0 radical (unpaired) electrons. The average molecular weight is 279 g/mol. The molecule has 3 aromatic rings. The van der Waals surface area contributed by atoms with Crippen molar-refractivity contribution in [3.8, 4) is 6.07 Å². The topological polar surface area (TPSA) is 48.7 Å². The van der Waals surface area contributed by atoms with Crippen molar-refractivity contribution in [3.05, 3.63) is 57.9 Å². The van der Waals surface area contributed by atoms with Crippen LogP contribution in [-0.4, -0.2) is 4.98 Å². The van der Waals surface area contributed by atoms with Gasteiger partial charge in [-0.3, -0.25) is 4.98 Å². The van der Waals surface area contributed by atoms with Gasteiger partial charge in [0.05, 0.1) is 16.8 Å². The molecule has 0 spiro atoms. The van der Waals surface area contributed by atoms with Gasteiger partial charge in [-0.1, -0.05) is 18.2 Å². The number of anilines is 1. The smallest absolute Gasteiger partial charge is 0.100 e. The third kappa shape index (κ3) is 2.49. The number of benzene rings is 1. The Morgan fingerprint density at radius 3 is 3.00 bits per heavy atom. The maximum absolute atomic E-state index is 8.83. The van der Waals surface area contributed by atoms with Gasteiger partial charge >= 0.3 is 0 Å². The largest absolute Gasteiger partial charge is 0.378 e. The van der Waals surface area contributed by atoms with Crippen LogP contribution >= 0.6 is 11.3 Å². The summed E-state index contributed by atoms with van der Waals surface area (Å²) in [5.41, 5.74) is 3.75. The SMILES string of the molecule is Cc1ccc2cccc(NCc3cc(C#N)cs3)c2n1. The fourth-order valence-corrected chi connectivity index (χ4v) is 2.85. The van der Waals surface area contributed by atoms with E-state index in [1.54, 1.807) is 11.3 Å². The Kier molecular flexibility index (Phi) is 3.36. The highest BCUT2D eigenvalue weighted by atomic mass is 32.1. The molecule has 0 aliphatic heterocycles. The second-order valence-corrected chi connectivity index (χ2v) is 5.59. The van der Waals surface area contributed by atoms with Crippen LogP contribution in [0.15, 0.2) is 41.8 Å². The molecule has 0 saturated carbocycles. The van der Waals surface area contributed by atoms with Crippen LogP contribution in [0.5, 0.6) is 0 Å². The third-order valence-electron chi connectivity index (χ3n) is 3.10. The number of pyridine rings is 1. The fraction of sp³-hybridized carbons (Fsp3) is 0.125. The summed E-state index contributed by atoms with van der Waals surface area (Å²) in [6.07, 6.45) is 0. The summed E-state index contributed by atoms with van der Waals surface area (Å²) in [7, 11) is 0. The van der Waals surface area contributed by atoms with E-state index in [4.69, 9.17) is 5.26 Å². The minimum Gasteiger partial charge on any atom is -0.378 e. The Morgan fingerprint density at radius 2 is 2.20 bits per heavy atom. The summed E-state index contributed by atoms with van der Waals surface area (Å²) >= 11 is 1.60. The predicted molar refractivity (Wildman–Crippen MR) is 82.8 cm³/mol. The van der Waals surface area contributed by atoms with Crippen molar-refractivity contribution in [2.45, 2.75) is 13.5 Å². The standard InChI is InChI=1S/C16H13N3S/c1-11-5-6-13-3-2-4-15(16(13)19-11)18-9-14-7-12(8-17)10-20-14/h2-7,10,18H,9H2,1H3. The van der Waals surface area contributed by atoms with Crippen LogP contribution in [0.2, 0.25) is 0 Å². The van der Waals surface area contributed by atoms with Gasteiger partial charge in [0.25, 0.3) is 0 Å². The van der Waals surface area contributed by atoms with Crippen molar-refractivity contribution in [2.24, 2.45) is 0 Å². The third-order valence-corrected chi connectivity index (χ3v) is 4.03. The Bertz CT molecular complexity index is 799. The van der Waals surface area contributed by atoms with Gasteiger partial charge in [-0.15, -0.1) is 11.3 Å². The maximum Gasteiger partial charge on any atom is 0.100 e. The molecule has 0 unspecified atom stereocenters. The van der Waals surface area contributed by atoms with Crippen LogP contribution in [0.1, 0.15) is 16.1 Å². The van der Waals surface area contributed by atoms with E-state index in [1.165, 1.54) is 0 Å². The van der Waals surface area contributed by atoms with Crippen LogP contribution < -0.4 is 5.32 Å². The molecule has 20 heavy (non-hydrogen) atoms. The van der Waals surface area contributed by atoms with E-state index in [0.29, 0.717) is 6.54 Å². The lowest BCUT2D eigenvalue weighted by Crippen LogP contribution is -1.99. The Morgan fingerprint density at radius 1 is 1.30 bits per heavy atom. The van der Waals surface area contributed by atoms with E-state index < -0.39 is 0 Å². The van der Waals surface area contributed by atoms with Crippen molar-refractivity contribution in [2.75, 3.05) is 5.32 Å². The van der Waals surface area contributed by atoms with E-state index in [9.17, 15) is 0 Å². The van der Waals surface area contributed by atoms with Gasteiger partial charge in [-0.2, -0.15) is 5.26 Å². The second kappa shape index (κ2) is 5.32. The molecule has 1 aromatic carbocycles. The van der Waals surface area contributed by atoms with Crippen LogP contribution in [0.4, 0.5) is 5.69 Å². The van der Waals surface area contributed by atoms with Crippen LogP contribution in [0, 0.1) is 18.3 Å². The summed E-state index contributed by atoms with van der Waals surface area (Å²) in [5.74, 6) is 0. The predicted octanol–water partition coefficient (Wildman–Crippen LogP) is 4.09. The number of aryl methyl sites for hydroxylation is 1. The van der Waals surface area contributed by atoms with Crippen LogP contribution in [0.3, 0.4) is 0 Å². The molecule has 0 aliphatic rings. The van der Waals surface area contributed by atoms with E-state index in [2.05, 4.69) is 28.5 Å². The number of nitriles is 1. The summed E-state index contributed by atoms with van der Waals surface area (Å²) in [4.78, 5) is 5.74. The van der Waals surface area contributed by atoms with Crippen LogP contribution in [0.25, 0.3) is 10.9 Å². The average Bonchev–Trinajstić information content (AvgIpc) is 2.93. The summed E-state index contributed by atoms with van der Waals surface area (Å²) < 4.78 is 0. The number of nitrogens with one attached hydrogen (secondary N) is 1. The van der Waals surface area contributed by atoms with Crippen LogP contribution in [-0.2, 0) is 6.54 Å². The van der Waals surface area contributed by atoms with Crippen molar-refractivity contribution in [3.63, 3.8) is 0 Å². The van der Waals surface area contributed by atoms with E-state index in [0.717, 1.165) is 32.7 Å². The van der Waals surface area contributed by atoms with Gasteiger partial charge in [-0.25, -0.2) is 0 Å². The van der Waals surface area contributed by atoms with E-state index in [-0.39, 0.29) is 0 Å². The molecular weight excluding hydrogens is 266 g/mol. The molecule has 1 N–H and O–H groups in total. The molecule has 0 amide bonds. The van der Waals surface area contributed by atoms with Crippen molar-refractivity contribution >= 4 is 27.9 Å². The molecule has 0 fully saturated rings. The molecule has 0 atom stereocenters. The highest BCUT2D eigenvalue weighted by Gasteiger charge is 2.04. The molecular formula is C16H13N3S. The van der Waals surface area contributed by atoms with E-state index in [1.807, 2.05) is 36.6 Å². The molecule has 98 valence electrons. The summed E-state index contributed by atoms with van der Waals surface area (Å²) in [6, 6.07) is 14.3. The number of nitrogens with zero attached hydrogens (tertiary/aromatic N) is 2. The fourth-order valence-electron chi connectivity index (χ4n) is 2.10. The number of fused-ring (bicyclic) bond motifs is 1. The van der Waals surface area contributed by atoms with Gasteiger partial charge in [0.15, 0.2) is 0 Å². The quantitative estimate of drug-likeness (QED) is 0.785. The number of thiophene rings is 1. The lowest BCUT2D eigenvalue weighted by atomic mass is 10.1. The lowest BCUT2D eigenvalue weighted by Gasteiger charge is -2.08. The zero-order valence-electron chi connectivity index (χ0n) is 11.1. The number of para-hydroxylation sites is 1. The molecule has 0 aliphatic carbocycles. The normalized spacial score (nSPS) is 10.4. The maximum atomic E-state index is 8.83. The highest BCUT2D eigenvalue weighted by Crippen LogP contribution is 2.23. The molecule has 4 heteroatoms. The molecule has 3 nitrogen and oxygen atoms in total. The molecule has 0 bridgehead atoms.